The minimum Gasteiger partial charge on any atom is -0.291 e. The van der Waals surface area contributed by atoms with Crippen LogP contribution in [0.2, 0.25) is 0 Å². The van der Waals surface area contributed by atoms with Crippen molar-refractivity contribution >= 4 is 0 Å². The smallest absolute Gasteiger partial charge is 0.0211 e. The van der Waals surface area contributed by atoms with Gasteiger partial charge >= 0.3 is 0 Å². The van der Waals surface area contributed by atoms with Crippen LogP contribution in [-0.2, 0) is 0 Å². The molecule has 1 fully saturated rings. The van der Waals surface area contributed by atoms with Crippen LogP contribution in [0.25, 0.3) is 0 Å². The van der Waals surface area contributed by atoms with E-state index in [1.54, 1.807) is 0 Å². The number of likely N-dealkylation sites (tertiary alicyclic amines) is 1. The highest BCUT2D eigenvalue weighted by molar-refractivity contribution is 5.12. The molecule has 0 spiro atoms. The van der Waals surface area contributed by atoms with Gasteiger partial charge < -0.3 is 0 Å². The third kappa shape index (κ3) is 1.33. The number of nitrogens with zero attached hydrogens (tertiary/aromatic N) is 1. The Hall–Kier alpha value is -0.300. The van der Waals surface area contributed by atoms with E-state index in [2.05, 4.69) is 32.3 Å². The first-order chi connectivity index (χ1) is 4.00. The highest BCUT2D eigenvalue weighted by Crippen LogP contribution is 2.22. The zero-order valence-electron chi connectivity index (χ0n) is 6.57. The molecule has 0 aromatic carbocycles. The molecule has 1 rings (SSSR count). The standard InChI is InChI=1S/C8H15N/c1-7-5-9(6-7)8(2,3)4/h1,5-6H2,2-4H3. The van der Waals surface area contributed by atoms with Gasteiger partial charge in [-0.15, -0.1) is 0 Å². The molecule has 1 heterocycles. The number of hydrogen-bond donors (Lipinski definition) is 0. The summed E-state index contributed by atoms with van der Waals surface area (Å²) in [5, 5.41) is 0. The highest BCUT2D eigenvalue weighted by atomic mass is 15.2. The minimum atomic E-state index is 0.348. The summed E-state index contributed by atoms with van der Waals surface area (Å²) < 4.78 is 0. The Morgan fingerprint density at radius 1 is 1.33 bits per heavy atom. The van der Waals surface area contributed by atoms with Crippen LogP contribution in [0.5, 0.6) is 0 Å². The Bertz CT molecular complexity index is 122. The fraction of sp³-hybridized carbons (Fsp3) is 0.750. The number of rotatable bonds is 0. The van der Waals surface area contributed by atoms with E-state index < -0.39 is 0 Å². The lowest BCUT2D eigenvalue weighted by Crippen LogP contribution is -2.51. The Labute approximate surface area is 57.4 Å². The maximum absolute atomic E-state index is 3.88. The van der Waals surface area contributed by atoms with Crippen LogP contribution < -0.4 is 0 Å². The summed E-state index contributed by atoms with van der Waals surface area (Å²) in [4.78, 5) is 2.41. The highest BCUT2D eigenvalue weighted by Gasteiger charge is 2.28. The molecule has 1 heteroatoms. The van der Waals surface area contributed by atoms with Crippen LogP contribution in [0.15, 0.2) is 12.2 Å². The predicted octanol–water partition coefficient (Wildman–Crippen LogP) is 1.66. The third-order valence-electron chi connectivity index (χ3n) is 1.78. The third-order valence-corrected chi connectivity index (χ3v) is 1.78. The van der Waals surface area contributed by atoms with Crippen molar-refractivity contribution in [2.24, 2.45) is 0 Å². The Kier molecular flexibility index (Phi) is 1.39. The van der Waals surface area contributed by atoms with Crippen molar-refractivity contribution in [3.05, 3.63) is 12.2 Å². The molecule has 0 N–H and O–H groups in total. The zero-order chi connectivity index (χ0) is 7.07. The summed E-state index contributed by atoms with van der Waals surface area (Å²) in [6.45, 7) is 12.8. The van der Waals surface area contributed by atoms with Crippen LogP contribution in [0.1, 0.15) is 20.8 Å². The predicted molar refractivity (Wildman–Crippen MR) is 40.5 cm³/mol. The van der Waals surface area contributed by atoms with E-state index >= 15 is 0 Å². The first-order valence-electron chi connectivity index (χ1n) is 3.42. The largest absolute Gasteiger partial charge is 0.291 e. The van der Waals surface area contributed by atoms with Crippen molar-refractivity contribution in [1.29, 1.82) is 0 Å². The summed E-state index contributed by atoms with van der Waals surface area (Å²) in [5.74, 6) is 0. The fourth-order valence-electron chi connectivity index (χ4n) is 0.968. The van der Waals surface area contributed by atoms with Gasteiger partial charge in [-0.25, -0.2) is 0 Å². The quantitative estimate of drug-likeness (QED) is 0.445. The van der Waals surface area contributed by atoms with Crippen LogP contribution in [0.3, 0.4) is 0 Å². The second-order valence-electron chi connectivity index (χ2n) is 3.78. The molecule has 1 nitrogen and oxygen atoms in total. The van der Waals surface area contributed by atoms with Gasteiger partial charge in [0.05, 0.1) is 0 Å². The van der Waals surface area contributed by atoms with Crippen LogP contribution in [-0.4, -0.2) is 23.5 Å². The summed E-state index contributed by atoms with van der Waals surface area (Å²) in [6.07, 6.45) is 0. The number of hydrogen-bond acceptors (Lipinski definition) is 1. The van der Waals surface area contributed by atoms with Gasteiger partial charge in [-0.2, -0.15) is 0 Å². The normalized spacial score (nSPS) is 21.9. The van der Waals surface area contributed by atoms with Gasteiger partial charge in [0.2, 0.25) is 0 Å². The lowest BCUT2D eigenvalue weighted by Gasteiger charge is -2.43. The zero-order valence-corrected chi connectivity index (χ0v) is 6.57. The van der Waals surface area contributed by atoms with Gasteiger partial charge in [0.1, 0.15) is 0 Å². The summed E-state index contributed by atoms with van der Waals surface area (Å²) >= 11 is 0. The van der Waals surface area contributed by atoms with E-state index in [1.165, 1.54) is 5.57 Å². The monoisotopic (exact) mass is 125 g/mol. The molecule has 0 amide bonds. The Morgan fingerprint density at radius 2 is 1.78 bits per heavy atom. The van der Waals surface area contributed by atoms with Gasteiger partial charge in [-0.1, -0.05) is 6.58 Å². The van der Waals surface area contributed by atoms with Gasteiger partial charge in [-0.3, -0.25) is 4.90 Å². The SMILES string of the molecule is C=C1CN(C(C)(C)C)C1. The second-order valence-corrected chi connectivity index (χ2v) is 3.78. The average Bonchev–Trinajstić information content (AvgIpc) is 1.55. The van der Waals surface area contributed by atoms with Gasteiger partial charge in [0, 0.05) is 18.6 Å². The molecule has 0 aromatic rings. The summed E-state index contributed by atoms with van der Waals surface area (Å²) in [7, 11) is 0. The van der Waals surface area contributed by atoms with Crippen LogP contribution in [0.4, 0.5) is 0 Å². The van der Waals surface area contributed by atoms with E-state index in [9.17, 15) is 0 Å². The van der Waals surface area contributed by atoms with Gasteiger partial charge in [0.15, 0.2) is 0 Å². The maximum Gasteiger partial charge on any atom is 0.0211 e. The lowest BCUT2D eigenvalue weighted by atomic mass is 9.98. The molecular weight excluding hydrogens is 110 g/mol. The van der Waals surface area contributed by atoms with Gasteiger partial charge in [-0.05, 0) is 26.3 Å². The van der Waals surface area contributed by atoms with Crippen molar-refractivity contribution < 1.29 is 0 Å². The molecule has 1 aliphatic rings. The van der Waals surface area contributed by atoms with Crippen molar-refractivity contribution in [3.63, 3.8) is 0 Å². The molecule has 0 saturated carbocycles. The average molecular weight is 125 g/mol. The van der Waals surface area contributed by atoms with E-state index in [1.807, 2.05) is 0 Å². The molecule has 52 valence electrons. The van der Waals surface area contributed by atoms with E-state index in [4.69, 9.17) is 0 Å². The second kappa shape index (κ2) is 1.84. The molecule has 0 unspecified atom stereocenters. The van der Waals surface area contributed by atoms with Crippen molar-refractivity contribution in [2.75, 3.05) is 13.1 Å². The van der Waals surface area contributed by atoms with Gasteiger partial charge in [0.25, 0.3) is 0 Å². The first-order valence-corrected chi connectivity index (χ1v) is 3.42. The van der Waals surface area contributed by atoms with Crippen molar-refractivity contribution in [2.45, 2.75) is 26.3 Å². The van der Waals surface area contributed by atoms with E-state index in [-0.39, 0.29) is 0 Å². The molecule has 0 radical (unpaired) electrons. The lowest BCUT2D eigenvalue weighted by molar-refractivity contribution is 0.116. The molecule has 0 atom stereocenters. The minimum absolute atomic E-state index is 0.348. The van der Waals surface area contributed by atoms with Crippen LogP contribution >= 0.6 is 0 Å². The molecule has 9 heavy (non-hydrogen) atoms. The molecule has 0 bridgehead atoms. The van der Waals surface area contributed by atoms with E-state index in [0.29, 0.717) is 5.54 Å². The Morgan fingerprint density at radius 3 is 1.89 bits per heavy atom. The molecule has 0 aliphatic carbocycles. The first kappa shape index (κ1) is 6.81. The Balaban J connectivity index is 2.40. The summed E-state index contributed by atoms with van der Waals surface area (Å²) in [5.41, 5.74) is 1.71. The van der Waals surface area contributed by atoms with Crippen LogP contribution in [0, 0.1) is 0 Å². The van der Waals surface area contributed by atoms with Crippen molar-refractivity contribution in [1.82, 2.24) is 4.90 Å². The molecule has 0 aromatic heterocycles. The van der Waals surface area contributed by atoms with Crippen molar-refractivity contribution in [3.8, 4) is 0 Å². The fourth-order valence-corrected chi connectivity index (χ4v) is 0.968. The maximum atomic E-state index is 3.88. The molecular formula is C8H15N. The topological polar surface area (TPSA) is 3.24 Å². The molecule has 1 aliphatic heterocycles. The summed E-state index contributed by atoms with van der Waals surface area (Å²) in [6, 6.07) is 0. The molecule has 1 saturated heterocycles. The van der Waals surface area contributed by atoms with E-state index in [0.717, 1.165) is 13.1 Å².